The molecule has 130 valence electrons. The molecule has 1 amide bonds. The van der Waals surface area contributed by atoms with Crippen molar-refractivity contribution in [3.63, 3.8) is 0 Å². The maximum absolute atomic E-state index is 13.8. The highest BCUT2D eigenvalue weighted by Crippen LogP contribution is 2.15. The Labute approximate surface area is 146 Å². The van der Waals surface area contributed by atoms with Crippen molar-refractivity contribution in [2.45, 2.75) is 58.7 Å². The maximum atomic E-state index is 13.8. The quantitative estimate of drug-likeness (QED) is 0.728. The monoisotopic (exact) mass is 388 g/mol. The number of nitrogens with one attached hydrogen (secondary N) is 2. The largest absolute Gasteiger partial charge is 0.444 e. The fourth-order valence-corrected chi connectivity index (χ4v) is 2.40. The summed E-state index contributed by atoms with van der Waals surface area (Å²) >= 11 is 3.24. The molecule has 0 aliphatic heterocycles. The van der Waals surface area contributed by atoms with Gasteiger partial charge in [-0.05, 0) is 39.3 Å². The molecule has 1 aromatic rings. The molecule has 2 N–H and O–H groups in total. The molecule has 0 spiro atoms. The minimum absolute atomic E-state index is 0.0653. The third kappa shape index (κ3) is 8.32. The lowest BCUT2D eigenvalue weighted by atomic mass is 10.1. The summed E-state index contributed by atoms with van der Waals surface area (Å²) in [7, 11) is 0. The van der Waals surface area contributed by atoms with Crippen molar-refractivity contribution in [2.24, 2.45) is 0 Å². The molecule has 0 bridgehead atoms. The fraction of sp³-hybridized carbons (Fsp3) is 0.588. The molecule has 0 fully saturated rings. The van der Waals surface area contributed by atoms with Crippen molar-refractivity contribution in [3.05, 3.63) is 34.1 Å². The molecular weight excluding hydrogens is 363 g/mol. The second kappa shape index (κ2) is 9.23. The smallest absolute Gasteiger partial charge is 0.407 e. The van der Waals surface area contributed by atoms with Crippen molar-refractivity contribution in [1.82, 2.24) is 10.6 Å². The first-order valence-corrected chi connectivity index (χ1v) is 8.64. The molecule has 0 heterocycles. The third-order valence-electron chi connectivity index (χ3n) is 3.13. The predicted octanol–water partition coefficient (Wildman–Crippen LogP) is 4.37. The fourth-order valence-electron chi connectivity index (χ4n) is 2.06. The molecule has 1 atom stereocenters. The second-order valence-electron chi connectivity index (χ2n) is 6.49. The zero-order chi connectivity index (χ0) is 17.5. The summed E-state index contributed by atoms with van der Waals surface area (Å²) in [6.07, 6.45) is 1.42. The molecule has 0 aliphatic rings. The number of benzene rings is 1. The first-order chi connectivity index (χ1) is 10.7. The molecule has 23 heavy (non-hydrogen) atoms. The van der Waals surface area contributed by atoms with E-state index in [0.29, 0.717) is 18.7 Å². The SMILES string of the molecule is CCCC(CNC(=O)OC(C)(C)C)NCc1ccc(Br)cc1F. The van der Waals surface area contributed by atoms with E-state index < -0.39 is 11.7 Å². The molecule has 1 aromatic carbocycles. The van der Waals surface area contributed by atoms with Gasteiger partial charge < -0.3 is 15.4 Å². The standard InChI is InChI=1S/C17H26BrFN2O2/c1-5-6-14(11-21-16(22)23-17(2,3)4)20-10-12-7-8-13(18)9-15(12)19/h7-9,14,20H,5-6,10-11H2,1-4H3,(H,21,22). The van der Waals surface area contributed by atoms with Gasteiger partial charge in [0.05, 0.1) is 0 Å². The van der Waals surface area contributed by atoms with Crippen LogP contribution in [-0.4, -0.2) is 24.3 Å². The van der Waals surface area contributed by atoms with Gasteiger partial charge in [-0.1, -0.05) is 35.3 Å². The molecule has 6 heteroatoms. The Kier molecular flexibility index (Phi) is 7.99. The van der Waals surface area contributed by atoms with Crippen LogP contribution >= 0.6 is 15.9 Å². The Morgan fingerprint density at radius 3 is 2.65 bits per heavy atom. The molecule has 0 saturated heterocycles. The van der Waals surface area contributed by atoms with Crippen molar-refractivity contribution in [3.8, 4) is 0 Å². The topological polar surface area (TPSA) is 50.4 Å². The Bertz CT molecular complexity index is 518. The van der Waals surface area contributed by atoms with Crippen LogP contribution in [0.3, 0.4) is 0 Å². The molecule has 4 nitrogen and oxygen atoms in total. The van der Waals surface area contributed by atoms with Crippen LogP contribution in [0.15, 0.2) is 22.7 Å². The van der Waals surface area contributed by atoms with Crippen molar-refractivity contribution in [2.75, 3.05) is 6.54 Å². The average Bonchev–Trinajstić information content (AvgIpc) is 2.41. The van der Waals surface area contributed by atoms with Gasteiger partial charge in [-0.25, -0.2) is 9.18 Å². The molecule has 0 aromatic heterocycles. The van der Waals surface area contributed by atoms with Gasteiger partial charge in [-0.15, -0.1) is 0 Å². The number of ether oxygens (including phenoxy) is 1. The van der Waals surface area contributed by atoms with Crippen LogP contribution < -0.4 is 10.6 Å². The summed E-state index contributed by atoms with van der Waals surface area (Å²) in [4.78, 5) is 11.7. The Morgan fingerprint density at radius 1 is 1.39 bits per heavy atom. The number of rotatable bonds is 7. The highest BCUT2D eigenvalue weighted by Gasteiger charge is 2.17. The van der Waals surface area contributed by atoms with Gasteiger partial charge in [0.2, 0.25) is 0 Å². The maximum Gasteiger partial charge on any atom is 0.407 e. The van der Waals surface area contributed by atoms with E-state index in [2.05, 4.69) is 33.5 Å². The normalized spacial score (nSPS) is 12.8. The van der Waals surface area contributed by atoms with Crippen LogP contribution in [0.2, 0.25) is 0 Å². The number of hydrogen-bond donors (Lipinski definition) is 2. The van der Waals surface area contributed by atoms with Crippen LogP contribution in [0.1, 0.15) is 46.1 Å². The predicted molar refractivity (Wildman–Crippen MR) is 93.9 cm³/mol. The number of alkyl carbamates (subject to hydrolysis) is 1. The lowest BCUT2D eigenvalue weighted by Crippen LogP contribution is -2.42. The summed E-state index contributed by atoms with van der Waals surface area (Å²) in [5.41, 5.74) is 0.0877. The number of carbonyl (C=O) groups excluding carboxylic acids is 1. The Morgan fingerprint density at radius 2 is 2.09 bits per heavy atom. The van der Waals surface area contributed by atoms with Gasteiger partial charge in [0.15, 0.2) is 0 Å². The second-order valence-corrected chi connectivity index (χ2v) is 7.40. The van der Waals surface area contributed by atoms with Crippen LogP contribution in [0.4, 0.5) is 9.18 Å². The van der Waals surface area contributed by atoms with E-state index in [-0.39, 0.29) is 11.9 Å². The van der Waals surface area contributed by atoms with Crippen LogP contribution in [-0.2, 0) is 11.3 Å². The van der Waals surface area contributed by atoms with Gasteiger partial charge >= 0.3 is 6.09 Å². The first kappa shape index (κ1) is 19.9. The summed E-state index contributed by atoms with van der Waals surface area (Å²) in [5.74, 6) is -0.248. The van der Waals surface area contributed by atoms with Gasteiger partial charge in [0, 0.05) is 29.2 Å². The number of carbonyl (C=O) groups is 1. The molecule has 0 saturated carbocycles. The highest BCUT2D eigenvalue weighted by molar-refractivity contribution is 9.10. The van der Waals surface area contributed by atoms with E-state index >= 15 is 0 Å². The minimum Gasteiger partial charge on any atom is -0.444 e. The number of hydrogen-bond acceptors (Lipinski definition) is 3. The summed E-state index contributed by atoms with van der Waals surface area (Å²) in [6.45, 7) is 8.41. The number of halogens is 2. The third-order valence-corrected chi connectivity index (χ3v) is 3.62. The molecule has 0 aliphatic carbocycles. The van der Waals surface area contributed by atoms with E-state index in [1.807, 2.05) is 26.8 Å². The lowest BCUT2D eigenvalue weighted by Gasteiger charge is -2.22. The highest BCUT2D eigenvalue weighted by atomic mass is 79.9. The summed E-state index contributed by atoms with van der Waals surface area (Å²) in [6, 6.07) is 5.07. The van der Waals surface area contributed by atoms with Crippen LogP contribution in [0.5, 0.6) is 0 Å². The zero-order valence-electron chi connectivity index (χ0n) is 14.2. The van der Waals surface area contributed by atoms with Gasteiger partial charge in [0.1, 0.15) is 11.4 Å². The van der Waals surface area contributed by atoms with Crippen molar-refractivity contribution >= 4 is 22.0 Å². The van der Waals surface area contributed by atoms with E-state index in [0.717, 1.165) is 17.3 Å². The summed E-state index contributed by atoms with van der Waals surface area (Å²) < 4.78 is 19.8. The van der Waals surface area contributed by atoms with Crippen LogP contribution in [0.25, 0.3) is 0 Å². The van der Waals surface area contributed by atoms with Crippen molar-refractivity contribution < 1.29 is 13.9 Å². The van der Waals surface area contributed by atoms with E-state index in [9.17, 15) is 9.18 Å². The lowest BCUT2D eigenvalue weighted by molar-refractivity contribution is 0.0521. The minimum atomic E-state index is -0.516. The van der Waals surface area contributed by atoms with Crippen LogP contribution in [0, 0.1) is 5.82 Å². The first-order valence-electron chi connectivity index (χ1n) is 7.85. The average molecular weight is 389 g/mol. The van der Waals surface area contributed by atoms with E-state index in [4.69, 9.17) is 4.74 Å². The van der Waals surface area contributed by atoms with Gasteiger partial charge in [-0.2, -0.15) is 0 Å². The van der Waals surface area contributed by atoms with E-state index in [1.54, 1.807) is 6.07 Å². The Hall–Kier alpha value is -1.14. The molecule has 1 rings (SSSR count). The Balaban J connectivity index is 2.50. The van der Waals surface area contributed by atoms with E-state index in [1.165, 1.54) is 6.07 Å². The molecular formula is C17H26BrFN2O2. The number of amides is 1. The molecule has 0 radical (unpaired) electrons. The van der Waals surface area contributed by atoms with Crippen molar-refractivity contribution in [1.29, 1.82) is 0 Å². The molecule has 1 unspecified atom stereocenters. The zero-order valence-corrected chi connectivity index (χ0v) is 15.8. The van der Waals surface area contributed by atoms with Gasteiger partial charge in [-0.3, -0.25) is 0 Å². The summed E-state index contributed by atoms with van der Waals surface area (Å²) in [5, 5.41) is 6.05. The van der Waals surface area contributed by atoms with Gasteiger partial charge in [0.25, 0.3) is 0 Å².